The van der Waals surface area contributed by atoms with E-state index in [0.29, 0.717) is 27.8 Å². The first kappa shape index (κ1) is 18.0. The molecule has 0 radical (unpaired) electrons. The van der Waals surface area contributed by atoms with E-state index in [-0.39, 0.29) is 5.95 Å². The normalized spacial score (nSPS) is 10.4. The van der Waals surface area contributed by atoms with Crippen molar-refractivity contribution in [3.8, 4) is 6.07 Å². The zero-order valence-corrected chi connectivity index (χ0v) is 15.4. The number of nitriles is 1. The van der Waals surface area contributed by atoms with E-state index in [0.717, 1.165) is 22.5 Å². The fourth-order valence-electron chi connectivity index (χ4n) is 2.51. The van der Waals surface area contributed by atoms with Gasteiger partial charge < -0.3 is 11.1 Å². The van der Waals surface area contributed by atoms with E-state index in [9.17, 15) is 0 Å². The third-order valence-electron chi connectivity index (χ3n) is 3.95. The number of nitrogens with two attached hydrogens (primary N) is 1. The molecule has 0 aliphatic rings. The summed E-state index contributed by atoms with van der Waals surface area (Å²) < 4.78 is 0. The van der Waals surface area contributed by atoms with Crippen LogP contribution in [0.2, 0.25) is 10.0 Å². The molecular formula is C19H15Cl2N5. The Labute approximate surface area is 161 Å². The molecule has 0 unspecified atom stereocenters. The van der Waals surface area contributed by atoms with Gasteiger partial charge in [-0.2, -0.15) is 10.2 Å². The first-order valence-corrected chi connectivity index (χ1v) is 8.56. The molecule has 0 aliphatic carbocycles. The van der Waals surface area contributed by atoms with E-state index in [2.05, 4.69) is 21.4 Å². The van der Waals surface area contributed by atoms with E-state index in [1.165, 1.54) is 0 Å². The second kappa shape index (κ2) is 7.61. The highest BCUT2D eigenvalue weighted by Gasteiger charge is 2.14. The van der Waals surface area contributed by atoms with Gasteiger partial charge in [-0.25, -0.2) is 4.98 Å². The molecule has 3 N–H and O–H groups in total. The molecule has 0 fully saturated rings. The first-order valence-electron chi connectivity index (χ1n) is 7.81. The van der Waals surface area contributed by atoms with Crippen LogP contribution in [-0.2, 0) is 6.42 Å². The summed E-state index contributed by atoms with van der Waals surface area (Å²) in [4.78, 5) is 8.63. The molecule has 0 amide bonds. The fourth-order valence-corrected chi connectivity index (χ4v) is 3.04. The Bertz CT molecular complexity index is 974. The lowest BCUT2D eigenvalue weighted by Gasteiger charge is -2.14. The second-order valence-electron chi connectivity index (χ2n) is 5.69. The van der Waals surface area contributed by atoms with Gasteiger partial charge in [-0.1, -0.05) is 29.3 Å². The monoisotopic (exact) mass is 383 g/mol. The Kier molecular flexibility index (Phi) is 5.27. The van der Waals surface area contributed by atoms with Crippen LogP contribution in [0.1, 0.15) is 22.4 Å². The topological polar surface area (TPSA) is 87.6 Å². The molecule has 0 aliphatic heterocycles. The first-order chi connectivity index (χ1) is 12.5. The number of rotatable bonds is 4. The fraction of sp³-hybridized carbons (Fsp3) is 0.105. The zero-order valence-electron chi connectivity index (χ0n) is 13.9. The lowest BCUT2D eigenvalue weighted by molar-refractivity contribution is 1.01. The Morgan fingerprint density at radius 1 is 1.08 bits per heavy atom. The summed E-state index contributed by atoms with van der Waals surface area (Å²) in [5.41, 5.74) is 9.65. The van der Waals surface area contributed by atoms with Crippen LogP contribution in [0.5, 0.6) is 0 Å². The number of aromatic nitrogens is 2. The van der Waals surface area contributed by atoms with Crippen LogP contribution in [-0.4, -0.2) is 9.97 Å². The lowest BCUT2D eigenvalue weighted by Crippen LogP contribution is -2.08. The Balaban J connectivity index is 1.94. The van der Waals surface area contributed by atoms with Crippen LogP contribution in [0.15, 0.2) is 42.5 Å². The summed E-state index contributed by atoms with van der Waals surface area (Å²) in [6.45, 7) is 1.91. The highest BCUT2D eigenvalue weighted by atomic mass is 35.5. The van der Waals surface area contributed by atoms with Crippen molar-refractivity contribution < 1.29 is 0 Å². The Hall–Kier alpha value is -2.81. The molecule has 5 nitrogen and oxygen atoms in total. The zero-order chi connectivity index (χ0) is 18.7. The molecule has 3 rings (SSSR count). The smallest absolute Gasteiger partial charge is 0.222 e. The van der Waals surface area contributed by atoms with Crippen molar-refractivity contribution in [3.63, 3.8) is 0 Å². The van der Waals surface area contributed by atoms with Crippen molar-refractivity contribution in [1.82, 2.24) is 9.97 Å². The average molecular weight is 384 g/mol. The molecule has 0 saturated carbocycles. The third-order valence-corrected chi connectivity index (χ3v) is 4.65. The maximum atomic E-state index is 8.89. The summed E-state index contributed by atoms with van der Waals surface area (Å²) in [6.07, 6.45) is 0.444. The molecule has 1 heterocycles. The molecule has 0 bridgehead atoms. The molecule has 26 heavy (non-hydrogen) atoms. The van der Waals surface area contributed by atoms with Gasteiger partial charge >= 0.3 is 0 Å². The molecule has 0 atom stereocenters. The maximum Gasteiger partial charge on any atom is 0.222 e. The van der Waals surface area contributed by atoms with Gasteiger partial charge in [0.05, 0.1) is 17.3 Å². The van der Waals surface area contributed by atoms with Crippen LogP contribution in [0.3, 0.4) is 0 Å². The van der Waals surface area contributed by atoms with Crippen LogP contribution in [0, 0.1) is 18.3 Å². The van der Waals surface area contributed by atoms with Gasteiger partial charge in [0.15, 0.2) is 0 Å². The summed E-state index contributed by atoms with van der Waals surface area (Å²) in [6, 6.07) is 14.5. The predicted molar refractivity (Wildman–Crippen MR) is 105 cm³/mol. The number of halogens is 2. The number of benzene rings is 2. The van der Waals surface area contributed by atoms with Crippen LogP contribution in [0.25, 0.3) is 0 Å². The minimum absolute atomic E-state index is 0.157. The number of anilines is 3. The highest BCUT2D eigenvalue weighted by molar-refractivity contribution is 6.36. The standard InChI is InChI=1S/C19H15Cl2N5/c1-11-17(9-14-15(20)3-2-4-16(14)21)25-19(23)26-18(11)24-13-7-5-12(10-22)6-8-13/h2-8H,9H2,1H3,(H3,23,24,25,26). The SMILES string of the molecule is Cc1c(Cc2c(Cl)cccc2Cl)nc(N)nc1Nc1ccc(C#N)cc1. The van der Waals surface area contributed by atoms with Gasteiger partial charge in [0.2, 0.25) is 5.95 Å². The minimum atomic E-state index is 0.157. The molecular weight excluding hydrogens is 369 g/mol. The van der Waals surface area contributed by atoms with Gasteiger partial charge in [-0.05, 0) is 48.9 Å². The molecule has 3 aromatic rings. The predicted octanol–water partition coefficient (Wildman–Crippen LogP) is 4.88. The van der Waals surface area contributed by atoms with Crippen molar-refractivity contribution in [3.05, 3.63) is 74.9 Å². The molecule has 0 saturated heterocycles. The lowest BCUT2D eigenvalue weighted by atomic mass is 10.1. The largest absolute Gasteiger partial charge is 0.368 e. The number of hydrogen-bond acceptors (Lipinski definition) is 5. The van der Waals surface area contributed by atoms with Crippen LogP contribution >= 0.6 is 23.2 Å². The average Bonchev–Trinajstić information content (AvgIpc) is 2.62. The van der Waals surface area contributed by atoms with Gasteiger partial charge in [0.25, 0.3) is 0 Å². The summed E-state index contributed by atoms with van der Waals surface area (Å²) in [5, 5.41) is 13.3. The summed E-state index contributed by atoms with van der Waals surface area (Å²) in [7, 11) is 0. The van der Waals surface area contributed by atoms with Gasteiger partial charge in [0.1, 0.15) is 5.82 Å². The van der Waals surface area contributed by atoms with E-state index in [1.807, 2.05) is 6.92 Å². The molecule has 1 aromatic heterocycles. The second-order valence-corrected chi connectivity index (χ2v) is 6.51. The van der Waals surface area contributed by atoms with Crippen molar-refractivity contribution >= 4 is 40.7 Å². The maximum absolute atomic E-state index is 8.89. The summed E-state index contributed by atoms with van der Waals surface area (Å²) in [5.74, 6) is 0.755. The van der Waals surface area contributed by atoms with Crippen LogP contribution in [0.4, 0.5) is 17.5 Å². The summed E-state index contributed by atoms with van der Waals surface area (Å²) >= 11 is 12.5. The number of nitrogens with zero attached hydrogens (tertiary/aromatic N) is 3. The highest BCUT2D eigenvalue weighted by Crippen LogP contribution is 2.29. The van der Waals surface area contributed by atoms with Crippen molar-refractivity contribution in [2.45, 2.75) is 13.3 Å². The number of nitrogens with one attached hydrogen (secondary N) is 1. The minimum Gasteiger partial charge on any atom is -0.368 e. The molecule has 0 spiro atoms. The third kappa shape index (κ3) is 3.88. The van der Waals surface area contributed by atoms with Gasteiger partial charge in [-0.15, -0.1) is 0 Å². The molecule has 130 valence electrons. The van der Waals surface area contributed by atoms with Crippen LogP contribution < -0.4 is 11.1 Å². The molecule has 7 heteroatoms. The van der Waals surface area contributed by atoms with E-state index >= 15 is 0 Å². The number of nitrogen functional groups attached to an aromatic ring is 1. The van der Waals surface area contributed by atoms with E-state index in [1.54, 1.807) is 42.5 Å². The van der Waals surface area contributed by atoms with Crippen molar-refractivity contribution in [2.24, 2.45) is 0 Å². The van der Waals surface area contributed by atoms with Crippen molar-refractivity contribution in [2.75, 3.05) is 11.1 Å². The van der Waals surface area contributed by atoms with E-state index in [4.69, 9.17) is 34.2 Å². The van der Waals surface area contributed by atoms with Gasteiger partial charge in [0, 0.05) is 27.7 Å². The Morgan fingerprint density at radius 3 is 2.35 bits per heavy atom. The quantitative estimate of drug-likeness (QED) is 0.669. The van der Waals surface area contributed by atoms with Crippen molar-refractivity contribution in [1.29, 1.82) is 5.26 Å². The van der Waals surface area contributed by atoms with Gasteiger partial charge in [-0.3, -0.25) is 0 Å². The number of hydrogen-bond donors (Lipinski definition) is 2. The van der Waals surface area contributed by atoms with E-state index < -0.39 is 0 Å². The molecule has 2 aromatic carbocycles. The Morgan fingerprint density at radius 2 is 1.73 bits per heavy atom.